The third-order valence-electron chi connectivity index (χ3n) is 2.09. The van der Waals surface area contributed by atoms with Crippen molar-refractivity contribution in [3.05, 3.63) is 23.2 Å². The van der Waals surface area contributed by atoms with E-state index in [0.717, 1.165) is 0 Å². The quantitative estimate of drug-likeness (QED) is 0.797. The van der Waals surface area contributed by atoms with Crippen LogP contribution in [0.5, 0.6) is 0 Å². The average Bonchev–Trinajstić information content (AvgIpc) is 2.16. The fourth-order valence-electron chi connectivity index (χ4n) is 1.10. The molecule has 0 aliphatic carbocycles. The molecule has 0 bridgehead atoms. The topological polar surface area (TPSA) is 86.2 Å². The molecule has 0 radical (unpaired) electrons. The Hall–Kier alpha value is -1.07. The number of nitrogen functional groups attached to an aromatic ring is 1. The third-order valence-corrected chi connectivity index (χ3v) is 4.16. The highest BCUT2D eigenvalue weighted by Crippen LogP contribution is 2.23. The van der Waals surface area contributed by atoms with Crippen LogP contribution in [0.3, 0.4) is 0 Å². The maximum Gasteiger partial charge on any atom is 0.221 e. The first kappa shape index (κ1) is 13.0. The highest BCUT2D eigenvalue weighted by Gasteiger charge is 2.16. The molecule has 4 nitrogen and oxygen atoms in total. The summed E-state index contributed by atoms with van der Waals surface area (Å²) in [6.07, 6.45) is 0. The molecule has 0 fully saturated rings. The standard InChI is InChI=1S/C10H13ClN2O2S/c1-6(10(13)14)5-16(15)9-3-2-7(12)4-8(9)11/h2-4,6H,5,12H2,1H3,(H2,13,14). The molecule has 2 unspecified atom stereocenters. The van der Waals surface area contributed by atoms with Gasteiger partial charge in [-0.3, -0.25) is 9.00 Å². The van der Waals surface area contributed by atoms with E-state index in [2.05, 4.69) is 0 Å². The number of hydrogen-bond acceptors (Lipinski definition) is 3. The molecule has 1 aromatic carbocycles. The van der Waals surface area contributed by atoms with Crippen LogP contribution in [0, 0.1) is 5.92 Å². The fraction of sp³-hybridized carbons (Fsp3) is 0.300. The van der Waals surface area contributed by atoms with E-state index in [1.54, 1.807) is 19.1 Å². The minimum Gasteiger partial charge on any atom is -0.399 e. The Balaban J connectivity index is 2.85. The van der Waals surface area contributed by atoms with Gasteiger partial charge in [0.25, 0.3) is 0 Å². The van der Waals surface area contributed by atoms with E-state index in [9.17, 15) is 9.00 Å². The molecule has 0 aliphatic heterocycles. The normalized spacial score (nSPS) is 14.4. The smallest absolute Gasteiger partial charge is 0.221 e. The van der Waals surface area contributed by atoms with Gasteiger partial charge in [0.1, 0.15) is 0 Å². The van der Waals surface area contributed by atoms with Gasteiger partial charge >= 0.3 is 0 Å². The van der Waals surface area contributed by atoms with Crippen molar-refractivity contribution >= 4 is 34.0 Å². The summed E-state index contributed by atoms with van der Waals surface area (Å²) < 4.78 is 11.9. The number of hydrogen-bond donors (Lipinski definition) is 2. The summed E-state index contributed by atoms with van der Waals surface area (Å²) in [4.78, 5) is 11.3. The van der Waals surface area contributed by atoms with Gasteiger partial charge in [-0.25, -0.2) is 0 Å². The van der Waals surface area contributed by atoms with E-state index >= 15 is 0 Å². The van der Waals surface area contributed by atoms with Crippen molar-refractivity contribution in [3.63, 3.8) is 0 Å². The second-order valence-corrected chi connectivity index (χ2v) is 5.38. The van der Waals surface area contributed by atoms with Crippen molar-refractivity contribution in [2.45, 2.75) is 11.8 Å². The zero-order valence-electron chi connectivity index (χ0n) is 8.77. The SMILES string of the molecule is CC(CS(=O)c1ccc(N)cc1Cl)C(N)=O. The van der Waals surface area contributed by atoms with E-state index < -0.39 is 22.6 Å². The van der Waals surface area contributed by atoms with Crippen LogP contribution >= 0.6 is 11.6 Å². The molecule has 6 heteroatoms. The molecule has 1 amide bonds. The zero-order valence-corrected chi connectivity index (χ0v) is 10.3. The number of carbonyl (C=O) groups is 1. The lowest BCUT2D eigenvalue weighted by atomic mass is 10.2. The summed E-state index contributed by atoms with van der Waals surface area (Å²) >= 11 is 5.90. The van der Waals surface area contributed by atoms with Gasteiger partial charge in [-0.15, -0.1) is 0 Å². The summed E-state index contributed by atoms with van der Waals surface area (Å²) in [6, 6.07) is 4.75. The second kappa shape index (κ2) is 5.32. The predicted octanol–water partition coefficient (Wildman–Crippen LogP) is 1.15. The highest BCUT2D eigenvalue weighted by molar-refractivity contribution is 7.85. The van der Waals surface area contributed by atoms with Crippen LogP contribution < -0.4 is 11.5 Å². The number of rotatable bonds is 4. The summed E-state index contributed by atoms with van der Waals surface area (Å²) in [6.45, 7) is 1.63. The van der Waals surface area contributed by atoms with Gasteiger partial charge in [-0.05, 0) is 18.2 Å². The largest absolute Gasteiger partial charge is 0.399 e. The van der Waals surface area contributed by atoms with E-state index in [-0.39, 0.29) is 5.75 Å². The van der Waals surface area contributed by atoms with Gasteiger partial charge in [0.2, 0.25) is 5.91 Å². The van der Waals surface area contributed by atoms with E-state index in [4.69, 9.17) is 23.1 Å². The summed E-state index contributed by atoms with van der Waals surface area (Å²) in [7, 11) is -1.34. The lowest BCUT2D eigenvalue weighted by Crippen LogP contribution is -2.25. The zero-order chi connectivity index (χ0) is 12.3. The Kier molecular flexibility index (Phi) is 4.32. The van der Waals surface area contributed by atoms with Gasteiger partial charge in [-0.1, -0.05) is 18.5 Å². The molecule has 88 valence electrons. The molecule has 16 heavy (non-hydrogen) atoms. The maximum atomic E-state index is 11.9. The molecule has 0 saturated heterocycles. The van der Waals surface area contributed by atoms with Crippen LogP contribution in [-0.4, -0.2) is 15.9 Å². The van der Waals surface area contributed by atoms with Crippen molar-refractivity contribution in [2.24, 2.45) is 11.7 Å². The van der Waals surface area contributed by atoms with E-state index in [1.807, 2.05) is 0 Å². The van der Waals surface area contributed by atoms with Crippen LogP contribution in [0.2, 0.25) is 5.02 Å². The summed E-state index contributed by atoms with van der Waals surface area (Å²) in [5, 5.41) is 0.343. The van der Waals surface area contributed by atoms with Crippen LogP contribution in [0.15, 0.2) is 23.1 Å². The molecule has 4 N–H and O–H groups in total. The van der Waals surface area contributed by atoms with Crippen molar-refractivity contribution in [3.8, 4) is 0 Å². The van der Waals surface area contributed by atoms with Gasteiger partial charge in [-0.2, -0.15) is 0 Å². The minimum atomic E-state index is -1.34. The van der Waals surface area contributed by atoms with Crippen molar-refractivity contribution < 1.29 is 9.00 Å². The molecule has 0 aliphatic rings. The van der Waals surface area contributed by atoms with Gasteiger partial charge in [0.05, 0.1) is 20.7 Å². The fourth-order valence-corrected chi connectivity index (χ4v) is 2.84. The van der Waals surface area contributed by atoms with Crippen LogP contribution in [0.1, 0.15) is 6.92 Å². The molecule has 1 aromatic rings. The van der Waals surface area contributed by atoms with Gasteiger partial charge < -0.3 is 11.5 Å². The number of amides is 1. The first-order valence-electron chi connectivity index (χ1n) is 4.64. The number of nitrogens with two attached hydrogens (primary N) is 2. The van der Waals surface area contributed by atoms with Crippen molar-refractivity contribution in [2.75, 3.05) is 11.5 Å². The van der Waals surface area contributed by atoms with Crippen molar-refractivity contribution in [1.29, 1.82) is 0 Å². The molecule has 0 aromatic heterocycles. The first-order valence-corrected chi connectivity index (χ1v) is 6.34. The second-order valence-electron chi connectivity index (χ2n) is 3.51. The number of halogens is 1. The van der Waals surface area contributed by atoms with Crippen LogP contribution in [-0.2, 0) is 15.6 Å². The highest BCUT2D eigenvalue weighted by atomic mass is 35.5. The lowest BCUT2D eigenvalue weighted by molar-refractivity contribution is -0.120. The van der Waals surface area contributed by atoms with Crippen LogP contribution in [0.25, 0.3) is 0 Å². The summed E-state index contributed by atoms with van der Waals surface area (Å²) in [5.74, 6) is -0.756. The molecule has 1 rings (SSSR count). The van der Waals surface area contributed by atoms with Crippen LogP contribution in [0.4, 0.5) is 5.69 Å². The Morgan fingerprint density at radius 3 is 2.69 bits per heavy atom. The number of benzene rings is 1. The number of anilines is 1. The molecule has 0 heterocycles. The third kappa shape index (κ3) is 3.21. The molecular formula is C10H13ClN2O2S. The van der Waals surface area contributed by atoms with E-state index in [0.29, 0.717) is 15.6 Å². The summed E-state index contributed by atoms with van der Waals surface area (Å²) in [5.41, 5.74) is 11.1. The van der Waals surface area contributed by atoms with Gasteiger partial charge in [0, 0.05) is 17.4 Å². The first-order chi connectivity index (χ1) is 7.41. The molecule has 0 saturated carbocycles. The average molecular weight is 261 g/mol. The molecule has 0 spiro atoms. The Bertz CT molecular complexity index is 437. The Morgan fingerprint density at radius 2 is 2.19 bits per heavy atom. The monoisotopic (exact) mass is 260 g/mol. The lowest BCUT2D eigenvalue weighted by Gasteiger charge is -2.08. The maximum absolute atomic E-state index is 11.9. The number of primary amides is 1. The Morgan fingerprint density at radius 1 is 1.56 bits per heavy atom. The number of carbonyl (C=O) groups excluding carboxylic acids is 1. The van der Waals surface area contributed by atoms with Gasteiger partial charge in [0.15, 0.2) is 0 Å². The minimum absolute atomic E-state index is 0.166. The Labute approximate surface area is 101 Å². The molecular weight excluding hydrogens is 248 g/mol. The molecule has 2 atom stereocenters. The predicted molar refractivity (Wildman–Crippen MR) is 65.5 cm³/mol. The van der Waals surface area contributed by atoms with Crippen molar-refractivity contribution in [1.82, 2.24) is 0 Å². The van der Waals surface area contributed by atoms with E-state index in [1.165, 1.54) is 6.07 Å².